The van der Waals surface area contributed by atoms with Crippen molar-refractivity contribution in [2.75, 3.05) is 0 Å². The highest BCUT2D eigenvalue weighted by atomic mass is 16.5. The maximum absolute atomic E-state index is 10.9. The molecule has 2 heterocycles. The first-order valence-corrected chi connectivity index (χ1v) is 7.68. The summed E-state index contributed by atoms with van der Waals surface area (Å²) in [5.74, 6) is 0.0984. The Balaban J connectivity index is 1.74. The van der Waals surface area contributed by atoms with E-state index in [9.17, 15) is 4.79 Å². The zero-order valence-corrected chi connectivity index (χ0v) is 13.7. The van der Waals surface area contributed by atoms with Crippen molar-refractivity contribution in [2.24, 2.45) is 7.05 Å². The third kappa shape index (κ3) is 2.75. The van der Waals surface area contributed by atoms with Gasteiger partial charge in [-0.05, 0) is 27.3 Å². The monoisotopic (exact) mass is 351 g/mol. The summed E-state index contributed by atoms with van der Waals surface area (Å²) in [7, 11) is 1.74. The number of hydrogen-bond acceptors (Lipinski definition) is 7. The van der Waals surface area contributed by atoms with E-state index in [1.54, 1.807) is 11.7 Å². The van der Waals surface area contributed by atoms with Crippen LogP contribution in [-0.2, 0) is 13.7 Å². The van der Waals surface area contributed by atoms with E-state index in [-0.39, 0.29) is 18.2 Å². The molecule has 1 N–H and O–H groups in total. The number of tetrazole rings is 1. The minimum atomic E-state index is -1.16. The van der Waals surface area contributed by atoms with E-state index >= 15 is 0 Å². The molecule has 0 saturated carbocycles. The fraction of sp³-hybridized carbons (Fsp3) is 0.118. The predicted octanol–water partition coefficient (Wildman–Crippen LogP) is 2.30. The average molecular weight is 351 g/mol. The average Bonchev–Trinajstić information content (AvgIpc) is 3.28. The quantitative estimate of drug-likeness (QED) is 0.582. The lowest BCUT2D eigenvalue weighted by Gasteiger charge is -2.12. The standard InChI is InChI=1S/C17H13N5O4/c1-22-16(19-20-21-22)15-11-5-3-2-4-10(11)6-7-13(15)25-9-14-18-12(8-26-14)17(23)24/h2-8H,9H2,1H3,(H,23,24). The molecule has 0 aliphatic heterocycles. The van der Waals surface area contributed by atoms with Gasteiger partial charge in [0.1, 0.15) is 12.0 Å². The van der Waals surface area contributed by atoms with Gasteiger partial charge in [-0.2, -0.15) is 0 Å². The number of carbonyl (C=O) groups is 1. The number of nitrogens with zero attached hydrogens (tertiary/aromatic N) is 5. The number of fused-ring (bicyclic) bond motifs is 1. The number of aryl methyl sites for hydroxylation is 1. The molecule has 0 bridgehead atoms. The van der Waals surface area contributed by atoms with Gasteiger partial charge in [0, 0.05) is 7.05 Å². The molecular weight excluding hydrogens is 338 g/mol. The molecule has 0 spiro atoms. The highest BCUT2D eigenvalue weighted by Crippen LogP contribution is 2.35. The maximum Gasteiger partial charge on any atom is 0.357 e. The van der Waals surface area contributed by atoms with Crippen molar-refractivity contribution in [1.29, 1.82) is 0 Å². The number of aromatic nitrogens is 5. The molecule has 0 aliphatic rings. The van der Waals surface area contributed by atoms with Crippen LogP contribution in [0.4, 0.5) is 0 Å². The van der Waals surface area contributed by atoms with Crippen LogP contribution in [0.25, 0.3) is 22.2 Å². The number of oxazole rings is 1. The summed E-state index contributed by atoms with van der Waals surface area (Å²) in [6, 6.07) is 11.6. The van der Waals surface area contributed by atoms with Crippen LogP contribution in [0.15, 0.2) is 47.1 Å². The Kier molecular flexibility index (Phi) is 3.81. The Labute approximate surface area is 146 Å². The zero-order valence-electron chi connectivity index (χ0n) is 13.7. The normalized spacial score (nSPS) is 11.0. The van der Waals surface area contributed by atoms with Gasteiger partial charge in [0.05, 0.1) is 5.56 Å². The highest BCUT2D eigenvalue weighted by Gasteiger charge is 2.18. The van der Waals surface area contributed by atoms with Gasteiger partial charge in [-0.1, -0.05) is 30.3 Å². The second-order valence-corrected chi connectivity index (χ2v) is 5.51. The van der Waals surface area contributed by atoms with Crippen molar-refractivity contribution in [3.63, 3.8) is 0 Å². The lowest BCUT2D eigenvalue weighted by atomic mass is 10.0. The van der Waals surface area contributed by atoms with Gasteiger partial charge in [0.2, 0.25) is 5.89 Å². The predicted molar refractivity (Wildman–Crippen MR) is 89.5 cm³/mol. The van der Waals surface area contributed by atoms with E-state index in [1.165, 1.54) is 0 Å². The highest BCUT2D eigenvalue weighted by molar-refractivity contribution is 5.98. The van der Waals surface area contributed by atoms with Crippen LogP contribution >= 0.6 is 0 Å². The lowest BCUT2D eigenvalue weighted by Crippen LogP contribution is -2.02. The summed E-state index contributed by atoms with van der Waals surface area (Å²) in [5.41, 5.74) is 0.570. The van der Waals surface area contributed by atoms with Gasteiger partial charge >= 0.3 is 5.97 Å². The molecule has 9 nitrogen and oxygen atoms in total. The largest absolute Gasteiger partial charge is 0.483 e. The van der Waals surface area contributed by atoms with Crippen molar-refractivity contribution in [2.45, 2.75) is 6.61 Å². The van der Waals surface area contributed by atoms with Crippen molar-refractivity contribution < 1.29 is 19.1 Å². The second-order valence-electron chi connectivity index (χ2n) is 5.51. The van der Waals surface area contributed by atoms with E-state index in [1.807, 2.05) is 36.4 Å². The van der Waals surface area contributed by atoms with E-state index < -0.39 is 5.97 Å². The van der Waals surface area contributed by atoms with Crippen LogP contribution in [0.3, 0.4) is 0 Å². The van der Waals surface area contributed by atoms with Crippen LogP contribution in [0, 0.1) is 0 Å². The molecule has 26 heavy (non-hydrogen) atoms. The fourth-order valence-electron chi connectivity index (χ4n) is 2.66. The van der Waals surface area contributed by atoms with Crippen LogP contribution in [0.2, 0.25) is 0 Å². The third-order valence-electron chi connectivity index (χ3n) is 3.86. The van der Waals surface area contributed by atoms with Crippen molar-refractivity contribution in [3.8, 4) is 17.1 Å². The molecule has 0 fully saturated rings. The SMILES string of the molecule is Cn1nnnc1-c1c(OCc2nc(C(=O)O)co2)ccc2ccccc12. The summed E-state index contributed by atoms with van der Waals surface area (Å²) >= 11 is 0. The van der Waals surface area contributed by atoms with Crippen LogP contribution in [0.1, 0.15) is 16.4 Å². The summed E-state index contributed by atoms with van der Waals surface area (Å²) in [5, 5.41) is 22.5. The van der Waals surface area contributed by atoms with Gasteiger partial charge in [-0.3, -0.25) is 0 Å². The summed E-state index contributed by atoms with van der Waals surface area (Å²) in [6.45, 7) is -0.0239. The van der Waals surface area contributed by atoms with E-state index in [0.717, 1.165) is 22.6 Å². The first-order valence-electron chi connectivity index (χ1n) is 7.68. The Bertz CT molecular complexity index is 1100. The number of rotatable bonds is 5. The second kappa shape index (κ2) is 6.28. The van der Waals surface area contributed by atoms with Gasteiger partial charge in [-0.25, -0.2) is 14.5 Å². The summed E-state index contributed by atoms with van der Waals surface area (Å²) in [6.07, 6.45) is 1.08. The molecule has 0 aliphatic carbocycles. The first-order chi connectivity index (χ1) is 12.6. The maximum atomic E-state index is 10.9. The number of aromatic carboxylic acids is 1. The minimum Gasteiger partial charge on any atom is -0.483 e. The van der Waals surface area contributed by atoms with Gasteiger partial charge < -0.3 is 14.3 Å². The fourth-order valence-corrected chi connectivity index (χ4v) is 2.66. The van der Waals surface area contributed by atoms with Crippen molar-refractivity contribution >= 4 is 16.7 Å². The molecule has 4 aromatic rings. The van der Waals surface area contributed by atoms with E-state index in [4.69, 9.17) is 14.3 Å². The van der Waals surface area contributed by atoms with Crippen molar-refractivity contribution in [3.05, 3.63) is 54.2 Å². The molecular formula is C17H13N5O4. The molecule has 0 atom stereocenters. The van der Waals surface area contributed by atoms with E-state index in [2.05, 4.69) is 20.5 Å². The molecule has 4 rings (SSSR count). The molecule has 2 aromatic carbocycles. The summed E-state index contributed by atoms with van der Waals surface area (Å²) < 4.78 is 12.5. The minimum absolute atomic E-state index is 0.0239. The van der Waals surface area contributed by atoms with Crippen molar-refractivity contribution in [1.82, 2.24) is 25.2 Å². The van der Waals surface area contributed by atoms with Gasteiger partial charge in [0.15, 0.2) is 18.1 Å². The Morgan fingerprint density at radius 1 is 1.27 bits per heavy atom. The molecule has 130 valence electrons. The third-order valence-corrected chi connectivity index (χ3v) is 3.86. The zero-order chi connectivity index (χ0) is 18.1. The molecule has 0 amide bonds. The summed E-state index contributed by atoms with van der Waals surface area (Å²) in [4.78, 5) is 14.8. The first kappa shape index (κ1) is 15.8. The van der Waals surface area contributed by atoms with Gasteiger partial charge in [-0.15, -0.1) is 5.10 Å². The molecule has 2 aromatic heterocycles. The topological polar surface area (TPSA) is 116 Å². The number of carboxylic acids is 1. The van der Waals surface area contributed by atoms with Gasteiger partial charge in [0.25, 0.3) is 0 Å². The number of hydrogen-bond donors (Lipinski definition) is 1. The Morgan fingerprint density at radius 3 is 2.85 bits per heavy atom. The molecule has 0 radical (unpaired) electrons. The number of carboxylic acid groups (broad SMARTS) is 1. The smallest absolute Gasteiger partial charge is 0.357 e. The molecule has 0 saturated heterocycles. The molecule has 9 heteroatoms. The van der Waals surface area contributed by atoms with Crippen LogP contribution in [0.5, 0.6) is 5.75 Å². The lowest BCUT2D eigenvalue weighted by molar-refractivity contribution is 0.0690. The van der Waals surface area contributed by atoms with Crippen LogP contribution < -0.4 is 4.74 Å². The van der Waals surface area contributed by atoms with Crippen LogP contribution in [-0.4, -0.2) is 36.3 Å². The Hall–Kier alpha value is -3.75. The Morgan fingerprint density at radius 2 is 2.12 bits per heavy atom. The van der Waals surface area contributed by atoms with E-state index in [0.29, 0.717) is 11.6 Å². The number of benzene rings is 2. The molecule has 0 unspecified atom stereocenters. The number of ether oxygens (including phenoxy) is 1.